The Kier molecular flexibility index (Phi) is 2.85. The van der Waals surface area contributed by atoms with Gasteiger partial charge in [0.2, 0.25) is 11.7 Å². The van der Waals surface area contributed by atoms with Gasteiger partial charge in [-0.1, -0.05) is 29.4 Å². The van der Waals surface area contributed by atoms with Gasteiger partial charge in [0.05, 0.1) is 12.1 Å². The quantitative estimate of drug-likeness (QED) is 0.837. The van der Waals surface area contributed by atoms with Crippen LogP contribution in [0.3, 0.4) is 0 Å². The number of nitrogens with one attached hydrogen (secondary N) is 1. The minimum absolute atomic E-state index is 0.0368. The van der Waals surface area contributed by atoms with E-state index in [9.17, 15) is 5.11 Å². The average molecular weight is 245 g/mol. The van der Waals surface area contributed by atoms with Gasteiger partial charge in [-0.3, -0.25) is 0 Å². The number of aliphatic hydroxyl groups excluding tert-OH is 1. The third-order valence-electron chi connectivity index (χ3n) is 3.23. The molecule has 1 aromatic carbocycles. The molecule has 5 nitrogen and oxygen atoms in total. The highest BCUT2D eigenvalue weighted by molar-refractivity contribution is 5.58. The summed E-state index contributed by atoms with van der Waals surface area (Å²) in [7, 11) is 0. The van der Waals surface area contributed by atoms with E-state index in [0.717, 1.165) is 11.1 Å². The maximum absolute atomic E-state index is 9.48. The van der Waals surface area contributed by atoms with E-state index >= 15 is 0 Å². The summed E-state index contributed by atoms with van der Waals surface area (Å²) in [6, 6.07) is 7.89. The number of hydrogen-bond donors (Lipinski definition) is 2. The van der Waals surface area contributed by atoms with E-state index in [2.05, 4.69) is 15.5 Å². The van der Waals surface area contributed by atoms with E-state index in [1.54, 1.807) is 0 Å². The summed E-state index contributed by atoms with van der Waals surface area (Å²) in [6.45, 7) is 2.59. The van der Waals surface area contributed by atoms with Crippen LogP contribution in [0.2, 0.25) is 0 Å². The fourth-order valence-corrected chi connectivity index (χ4v) is 2.22. The normalized spacial score (nSPS) is 23.4. The lowest BCUT2D eigenvalue weighted by Crippen LogP contribution is -2.15. The van der Waals surface area contributed by atoms with E-state index < -0.39 is 0 Å². The molecule has 94 valence electrons. The van der Waals surface area contributed by atoms with Crippen molar-refractivity contribution in [3.05, 3.63) is 35.7 Å². The Morgan fingerprint density at radius 3 is 2.94 bits per heavy atom. The number of rotatable bonds is 2. The number of β-amino-alcohol motifs (C(OH)–C–C–N with tert-alkyl or cyclic N) is 1. The minimum atomic E-state index is -0.330. The number of aliphatic hydroxyl groups is 1. The Balaban J connectivity index is 1.88. The molecule has 0 spiro atoms. The molecular formula is C13H15N3O2. The molecule has 3 rings (SSSR count). The first kappa shape index (κ1) is 11.4. The number of benzene rings is 1. The summed E-state index contributed by atoms with van der Waals surface area (Å²) in [5.74, 6) is 1.15. The molecule has 0 unspecified atom stereocenters. The summed E-state index contributed by atoms with van der Waals surface area (Å²) >= 11 is 0. The van der Waals surface area contributed by atoms with Gasteiger partial charge in [0.15, 0.2) is 0 Å². The lowest BCUT2D eigenvalue weighted by molar-refractivity contribution is 0.191. The molecule has 0 amide bonds. The Morgan fingerprint density at radius 2 is 2.22 bits per heavy atom. The maximum Gasteiger partial charge on any atom is 0.244 e. The number of nitrogens with zero attached hydrogens (tertiary/aromatic N) is 2. The Bertz CT molecular complexity index is 553. The van der Waals surface area contributed by atoms with Crippen LogP contribution in [-0.4, -0.2) is 27.9 Å². The fraction of sp³-hybridized carbons (Fsp3) is 0.385. The average Bonchev–Trinajstić information content (AvgIpc) is 2.98. The van der Waals surface area contributed by atoms with Gasteiger partial charge in [0.25, 0.3) is 0 Å². The fourth-order valence-electron chi connectivity index (χ4n) is 2.22. The van der Waals surface area contributed by atoms with Gasteiger partial charge in [-0.2, -0.15) is 4.98 Å². The molecule has 1 aliphatic rings. The second-order valence-electron chi connectivity index (χ2n) is 4.62. The molecule has 18 heavy (non-hydrogen) atoms. The summed E-state index contributed by atoms with van der Waals surface area (Å²) in [4.78, 5) is 4.41. The Hall–Kier alpha value is -1.72. The lowest BCUT2D eigenvalue weighted by Gasteiger charge is -2.02. The molecule has 0 aliphatic carbocycles. The van der Waals surface area contributed by atoms with Crippen LogP contribution in [0.5, 0.6) is 0 Å². The van der Waals surface area contributed by atoms with Crippen molar-refractivity contribution < 1.29 is 9.63 Å². The third kappa shape index (κ3) is 2.02. The van der Waals surface area contributed by atoms with Crippen LogP contribution >= 0.6 is 0 Å². The largest absolute Gasteiger partial charge is 0.392 e. The topological polar surface area (TPSA) is 71.2 Å². The van der Waals surface area contributed by atoms with Crippen LogP contribution in [-0.2, 0) is 0 Å². The molecule has 0 radical (unpaired) electrons. The second-order valence-corrected chi connectivity index (χ2v) is 4.62. The first-order valence-corrected chi connectivity index (χ1v) is 6.05. The highest BCUT2D eigenvalue weighted by Gasteiger charge is 2.28. The van der Waals surface area contributed by atoms with E-state index in [0.29, 0.717) is 24.7 Å². The van der Waals surface area contributed by atoms with Gasteiger partial charge in [-0.05, 0) is 18.9 Å². The van der Waals surface area contributed by atoms with E-state index in [1.165, 1.54) is 0 Å². The number of hydrogen-bond acceptors (Lipinski definition) is 5. The lowest BCUT2D eigenvalue weighted by atomic mass is 10.1. The minimum Gasteiger partial charge on any atom is -0.392 e. The Labute approximate surface area is 105 Å². The molecule has 1 aliphatic heterocycles. The molecule has 1 fully saturated rings. The van der Waals surface area contributed by atoms with Crippen molar-refractivity contribution in [2.45, 2.75) is 25.5 Å². The van der Waals surface area contributed by atoms with Gasteiger partial charge in [-0.25, -0.2) is 0 Å². The molecular weight excluding hydrogens is 230 g/mol. The van der Waals surface area contributed by atoms with E-state index in [-0.39, 0.29) is 12.1 Å². The van der Waals surface area contributed by atoms with Gasteiger partial charge in [0.1, 0.15) is 0 Å². The van der Waals surface area contributed by atoms with Gasteiger partial charge in [0, 0.05) is 12.1 Å². The van der Waals surface area contributed by atoms with Crippen molar-refractivity contribution in [1.29, 1.82) is 0 Å². The molecule has 5 heteroatoms. The van der Waals surface area contributed by atoms with Crippen molar-refractivity contribution >= 4 is 0 Å². The highest BCUT2D eigenvalue weighted by Crippen LogP contribution is 2.25. The monoisotopic (exact) mass is 245 g/mol. The van der Waals surface area contributed by atoms with Crippen molar-refractivity contribution in [2.24, 2.45) is 0 Å². The van der Waals surface area contributed by atoms with Gasteiger partial charge >= 0.3 is 0 Å². The van der Waals surface area contributed by atoms with Crippen LogP contribution in [0.1, 0.15) is 23.9 Å². The first-order chi connectivity index (χ1) is 8.74. The van der Waals surface area contributed by atoms with Crippen molar-refractivity contribution in [2.75, 3.05) is 6.54 Å². The van der Waals surface area contributed by atoms with Crippen LogP contribution in [0.15, 0.2) is 28.8 Å². The molecule has 0 bridgehead atoms. The smallest absolute Gasteiger partial charge is 0.244 e. The number of aryl methyl sites for hydroxylation is 1. The van der Waals surface area contributed by atoms with Crippen LogP contribution < -0.4 is 5.32 Å². The predicted molar refractivity (Wildman–Crippen MR) is 65.8 cm³/mol. The molecule has 2 heterocycles. The van der Waals surface area contributed by atoms with E-state index in [4.69, 9.17) is 4.52 Å². The molecule has 2 atom stereocenters. The van der Waals surface area contributed by atoms with Crippen molar-refractivity contribution in [3.63, 3.8) is 0 Å². The molecule has 0 saturated carbocycles. The maximum atomic E-state index is 9.48. The molecule has 1 aromatic heterocycles. The SMILES string of the molecule is Cc1ccccc1-c1noc([C@@H]2C[C@@H](O)CN2)n1. The second kappa shape index (κ2) is 4.51. The molecule has 1 saturated heterocycles. The molecule has 2 aromatic rings. The van der Waals surface area contributed by atoms with Crippen LogP contribution in [0.25, 0.3) is 11.4 Å². The first-order valence-electron chi connectivity index (χ1n) is 6.05. The van der Waals surface area contributed by atoms with Crippen molar-refractivity contribution in [1.82, 2.24) is 15.5 Å². The molecule has 2 N–H and O–H groups in total. The van der Waals surface area contributed by atoms with Gasteiger partial charge in [-0.15, -0.1) is 0 Å². The van der Waals surface area contributed by atoms with Crippen LogP contribution in [0, 0.1) is 6.92 Å². The zero-order valence-electron chi connectivity index (χ0n) is 10.1. The summed E-state index contributed by atoms with van der Waals surface area (Å²) in [5.41, 5.74) is 2.09. The van der Waals surface area contributed by atoms with E-state index in [1.807, 2.05) is 31.2 Å². The predicted octanol–water partition coefficient (Wildman–Crippen LogP) is 1.44. The summed E-state index contributed by atoms with van der Waals surface area (Å²) in [6.07, 6.45) is 0.291. The zero-order valence-corrected chi connectivity index (χ0v) is 10.1. The summed E-state index contributed by atoms with van der Waals surface area (Å²) < 4.78 is 5.27. The Morgan fingerprint density at radius 1 is 1.39 bits per heavy atom. The zero-order chi connectivity index (χ0) is 12.5. The highest BCUT2D eigenvalue weighted by atomic mass is 16.5. The number of aromatic nitrogens is 2. The summed E-state index contributed by atoms with van der Waals surface area (Å²) in [5, 5.41) is 16.6. The van der Waals surface area contributed by atoms with Gasteiger partial charge < -0.3 is 14.9 Å². The standard InChI is InChI=1S/C13H15N3O2/c1-8-4-2-3-5-10(8)12-15-13(18-16-12)11-6-9(17)7-14-11/h2-5,9,11,14,17H,6-7H2,1H3/t9-,11+/m1/s1. The van der Waals surface area contributed by atoms with Crippen LogP contribution in [0.4, 0.5) is 0 Å². The van der Waals surface area contributed by atoms with Crippen molar-refractivity contribution in [3.8, 4) is 11.4 Å². The third-order valence-corrected chi connectivity index (χ3v) is 3.23.